The first-order chi connectivity index (χ1) is 13.4. The van der Waals surface area contributed by atoms with Crippen LogP contribution in [0.3, 0.4) is 0 Å². The summed E-state index contributed by atoms with van der Waals surface area (Å²) < 4.78 is 27.0. The average Bonchev–Trinajstić information content (AvgIpc) is 2.67. The van der Waals surface area contributed by atoms with E-state index in [0.717, 1.165) is 17.7 Å². The maximum Gasteiger partial charge on any atom is 0.326 e. The molecule has 2 aliphatic rings. The second kappa shape index (κ2) is 6.91. The molecular weight excluding hydrogens is 370 g/mol. The molecular formula is C19H16F2N4O3. The first-order valence-electron chi connectivity index (χ1n) is 8.61. The van der Waals surface area contributed by atoms with Crippen LogP contribution in [-0.4, -0.2) is 29.0 Å². The van der Waals surface area contributed by atoms with Crippen molar-refractivity contribution in [2.45, 2.75) is 18.8 Å². The summed E-state index contributed by atoms with van der Waals surface area (Å²) in [6.07, 6.45) is -0.937. The summed E-state index contributed by atoms with van der Waals surface area (Å²) in [6, 6.07) is 10.1. The first kappa shape index (κ1) is 17.9. The molecule has 2 aromatic rings. The lowest BCUT2D eigenvalue weighted by Crippen LogP contribution is -2.71. The fourth-order valence-electron chi connectivity index (χ4n) is 3.58. The number of halogens is 2. The number of benzene rings is 2. The third-order valence-electron chi connectivity index (χ3n) is 4.89. The van der Waals surface area contributed by atoms with E-state index in [4.69, 9.17) is 0 Å². The normalized spacial score (nSPS) is 24.1. The number of nitrogens with one attached hydrogen (secondary N) is 3. The van der Waals surface area contributed by atoms with Crippen LogP contribution in [0.5, 0.6) is 0 Å². The molecule has 2 heterocycles. The summed E-state index contributed by atoms with van der Waals surface area (Å²) >= 11 is 0. The van der Waals surface area contributed by atoms with Crippen LogP contribution in [0.4, 0.5) is 18.4 Å². The molecule has 2 saturated heterocycles. The minimum atomic E-state index is -1.09. The molecule has 144 valence electrons. The molecule has 2 aromatic carbocycles. The molecule has 2 fully saturated rings. The van der Waals surface area contributed by atoms with Crippen LogP contribution in [-0.2, 0) is 11.3 Å². The van der Waals surface area contributed by atoms with Crippen molar-refractivity contribution in [1.29, 1.82) is 0 Å². The topological polar surface area (TPSA) is 90.5 Å². The van der Waals surface area contributed by atoms with E-state index >= 15 is 0 Å². The first-order valence-corrected chi connectivity index (χ1v) is 8.61. The lowest BCUT2D eigenvalue weighted by molar-refractivity contribution is -0.130. The fraction of sp³-hybridized carbons (Fsp3) is 0.211. The van der Waals surface area contributed by atoms with Gasteiger partial charge in [-0.25, -0.2) is 18.4 Å². The van der Waals surface area contributed by atoms with Crippen molar-refractivity contribution in [3.8, 4) is 0 Å². The van der Waals surface area contributed by atoms with Gasteiger partial charge in [0.15, 0.2) is 11.6 Å². The van der Waals surface area contributed by atoms with Crippen LogP contribution >= 0.6 is 0 Å². The minimum absolute atomic E-state index is 0.159. The van der Waals surface area contributed by atoms with E-state index in [0.29, 0.717) is 0 Å². The summed E-state index contributed by atoms with van der Waals surface area (Å²) in [5.41, 5.74) is 1.04. The molecule has 4 rings (SSSR count). The highest BCUT2D eigenvalue weighted by molar-refractivity contribution is 6.00. The number of imide groups is 1. The number of rotatable bonds is 3. The standard InChI is InChI=1S/C19H16F2N4O3/c20-12-7-6-11(8-13(12)21)15-14-16(23-18(27)22-15)25(19(28)24-17(14)26)9-10-4-2-1-3-5-10/h1-8,14-16H,9H2,(H2,22,23,27)(H,24,26,28). The van der Waals surface area contributed by atoms with Gasteiger partial charge in [0.25, 0.3) is 0 Å². The van der Waals surface area contributed by atoms with Crippen LogP contribution in [0.2, 0.25) is 0 Å². The number of carbonyl (C=O) groups is 3. The molecule has 0 spiro atoms. The predicted octanol–water partition coefficient (Wildman–Crippen LogP) is 2.01. The van der Waals surface area contributed by atoms with E-state index in [1.54, 1.807) is 0 Å². The minimum Gasteiger partial charge on any atom is -0.330 e. The number of hydrogen-bond donors (Lipinski definition) is 3. The van der Waals surface area contributed by atoms with Crippen LogP contribution < -0.4 is 16.0 Å². The molecule has 0 radical (unpaired) electrons. The van der Waals surface area contributed by atoms with Crippen LogP contribution in [0.15, 0.2) is 48.5 Å². The maximum absolute atomic E-state index is 13.7. The van der Waals surface area contributed by atoms with Crippen LogP contribution in [0, 0.1) is 17.6 Å². The maximum atomic E-state index is 13.7. The molecule has 0 saturated carbocycles. The fourth-order valence-corrected chi connectivity index (χ4v) is 3.58. The Morgan fingerprint density at radius 3 is 2.39 bits per heavy atom. The largest absolute Gasteiger partial charge is 0.330 e. The zero-order valence-electron chi connectivity index (χ0n) is 14.5. The average molecular weight is 386 g/mol. The van der Waals surface area contributed by atoms with Gasteiger partial charge in [0, 0.05) is 6.54 Å². The summed E-state index contributed by atoms with van der Waals surface area (Å²) in [5.74, 6) is -3.66. The Labute approximate surface area is 158 Å². The van der Waals surface area contributed by atoms with Crippen molar-refractivity contribution in [2.75, 3.05) is 0 Å². The Morgan fingerprint density at radius 1 is 0.929 bits per heavy atom. The Balaban J connectivity index is 1.70. The van der Waals surface area contributed by atoms with E-state index in [-0.39, 0.29) is 12.1 Å². The quantitative estimate of drug-likeness (QED) is 0.754. The van der Waals surface area contributed by atoms with Crippen molar-refractivity contribution < 1.29 is 23.2 Å². The van der Waals surface area contributed by atoms with Gasteiger partial charge in [-0.1, -0.05) is 36.4 Å². The Hall–Kier alpha value is -3.49. The van der Waals surface area contributed by atoms with Crippen molar-refractivity contribution >= 4 is 18.0 Å². The van der Waals surface area contributed by atoms with Gasteiger partial charge in [-0.05, 0) is 23.3 Å². The lowest BCUT2D eigenvalue weighted by Gasteiger charge is -2.46. The Morgan fingerprint density at radius 2 is 1.68 bits per heavy atom. The number of fused-ring (bicyclic) bond motifs is 1. The number of hydrogen-bond acceptors (Lipinski definition) is 3. The lowest BCUT2D eigenvalue weighted by atomic mass is 9.86. The molecule has 0 aliphatic carbocycles. The van der Waals surface area contributed by atoms with E-state index in [2.05, 4.69) is 16.0 Å². The van der Waals surface area contributed by atoms with Crippen molar-refractivity contribution in [1.82, 2.24) is 20.9 Å². The van der Waals surface area contributed by atoms with E-state index in [1.165, 1.54) is 11.0 Å². The highest BCUT2D eigenvalue weighted by Gasteiger charge is 2.50. The molecule has 5 amide bonds. The van der Waals surface area contributed by atoms with E-state index in [9.17, 15) is 23.2 Å². The Kier molecular flexibility index (Phi) is 4.42. The molecule has 0 bridgehead atoms. The molecule has 3 N–H and O–H groups in total. The number of amides is 5. The Bertz CT molecular complexity index is 953. The van der Waals surface area contributed by atoms with Gasteiger partial charge < -0.3 is 10.6 Å². The molecule has 7 nitrogen and oxygen atoms in total. The van der Waals surface area contributed by atoms with Gasteiger partial charge in [-0.15, -0.1) is 0 Å². The van der Waals surface area contributed by atoms with Gasteiger partial charge in [-0.2, -0.15) is 0 Å². The van der Waals surface area contributed by atoms with E-state index < -0.39 is 47.7 Å². The highest BCUT2D eigenvalue weighted by atomic mass is 19.2. The van der Waals surface area contributed by atoms with Gasteiger partial charge in [0.1, 0.15) is 12.1 Å². The molecule has 0 aromatic heterocycles. The van der Waals surface area contributed by atoms with Gasteiger partial charge in [-0.3, -0.25) is 15.0 Å². The molecule has 3 atom stereocenters. The van der Waals surface area contributed by atoms with Crippen LogP contribution in [0.25, 0.3) is 0 Å². The third kappa shape index (κ3) is 3.15. The van der Waals surface area contributed by atoms with Gasteiger partial charge in [0.05, 0.1) is 6.04 Å². The molecule has 9 heteroatoms. The number of urea groups is 2. The van der Waals surface area contributed by atoms with E-state index in [1.807, 2.05) is 30.3 Å². The van der Waals surface area contributed by atoms with Crippen molar-refractivity contribution in [2.24, 2.45) is 5.92 Å². The van der Waals surface area contributed by atoms with Gasteiger partial charge >= 0.3 is 12.1 Å². The third-order valence-corrected chi connectivity index (χ3v) is 4.89. The zero-order chi connectivity index (χ0) is 19.8. The molecule has 3 unspecified atom stereocenters. The second-order valence-electron chi connectivity index (χ2n) is 6.65. The monoisotopic (exact) mass is 386 g/mol. The predicted molar refractivity (Wildman–Crippen MR) is 93.6 cm³/mol. The number of carbonyl (C=O) groups excluding carboxylic acids is 3. The van der Waals surface area contributed by atoms with Crippen molar-refractivity contribution in [3.63, 3.8) is 0 Å². The summed E-state index contributed by atoms with van der Waals surface area (Å²) in [4.78, 5) is 38.5. The zero-order valence-corrected chi connectivity index (χ0v) is 14.5. The SMILES string of the molecule is O=C1NC(c2ccc(F)c(F)c2)C2C(=O)NC(=O)N(Cc3ccccc3)C2N1. The van der Waals surface area contributed by atoms with Crippen molar-refractivity contribution in [3.05, 3.63) is 71.3 Å². The van der Waals surface area contributed by atoms with Gasteiger partial charge in [0.2, 0.25) is 5.91 Å². The summed E-state index contributed by atoms with van der Waals surface area (Å²) in [5, 5.41) is 7.45. The second-order valence-corrected chi connectivity index (χ2v) is 6.65. The molecule has 2 aliphatic heterocycles. The summed E-state index contributed by atoms with van der Waals surface area (Å²) in [7, 11) is 0. The summed E-state index contributed by atoms with van der Waals surface area (Å²) in [6.45, 7) is 0.159. The molecule has 28 heavy (non-hydrogen) atoms. The highest BCUT2D eigenvalue weighted by Crippen LogP contribution is 2.33. The number of nitrogens with zero attached hydrogens (tertiary/aromatic N) is 1. The van der Waals surface area contributed by atoms with Crippen LogP contribution in [0.1, 0.15) is 17.2 Å². The smallest absolute Gasteiger partial charge is 0.326 e.